The number of hydrogen-bond donors (Lipinski definition) is 1. The first-order valence-electron chi connectivity index (χ1n) is 7.65. The van der Waals surface area contributed by atoms with Crippen LogP contribution in [-0.2, 0) is 6.54 Å². The van der Waals surface area contributed by atoms with E-state index >= 15 is 0 Å². The van der Waals surface area contributed by atoms with Crippen LogP contribution in [-0.4, -0.2) is 6.04 Å². The van der Waals surface area contributed by atoms with Gasteiger partial charge in [0, 0.05) is 12.6 Å². The van der Waals surface area contributed by atoms with Gasteiger partial charge in [0.1, 0.15) is 0 Å². The highest BCUT2D eigenvalue weighted by Crippen LogP contribution is 2.24. The number of hydrogen-bond acceptors (Lipinski definition) is 1. The first-order valence-corrected chi connectivity index (χ1v) is 7.65. The van der Waals surface area contributed by atoms with E-state index in [1.807, 2.05) is 0 Å². The fourth-order valence-electron chi connectivity index (χ4n) is 2.47. The van der Waals surface area contributed by atoms with Crippen molar-refractivity contribution in [2.24, 2.45) is 0 Å². The van der Waals surface area contributed by atoms with Crippen molar-refractivity contribution in [3.05, 3.63) is 59.7 Å². The summed E-state index contributed by atoms with van der Waals surface area (Å²) >= 11 is 0. The molecule has 0 aliphatic heterocycles. The summed E-state index contributed by atoms with van der Waals surface area (Å²) in [6.45, 7) is 5.46. The zero-order valence-electron chi connectivity index (χ0n) is 12.4. The minimum absolute atomic E-state index is 0.595. The third kappa shape index (κ3) is 3.29. The lowest BCUT2D eigenvalue weighted by Crippen LogP contribution is -2.15. The van der Waals surface area contributed by atoms with Crippen LogP contribution in [0.15, 0.2) is 48.5 Å². The zero-order valence-corrected chi connectivity index (χ0v) is 12.4. The molecule has 104 valence electrons. The largest absolute Gasteiger partial charge is 0.310 e. The smallest absolute Gasteiger partial charge is 0.0208 e. The van der Waals surface area contributed by atoms with Crippen molar-refractivity contribution in [3.63, 3.8) is 0 Å². The second-order valence-electron chi connectivity index (χ2n) is 6.13. The molecule has 1 saturated carbocycles. The number of rotatable bonds is 5. The summed E-state index contributed by atoms with van der Waals surface area (Å²) in [6.07, 6.45) is 2.69. The fraction of sp³-hybridized carbons (Fsp3) is 0.368. The Balaban J connectivity index is 1.76. The molecule has 3 rings (SSSR count). The van der Waals surface area contributed by atoms with Gasteiger partial charge in [-0.05, 0) is 47.1 Å². The minimum Gasteiger partial charge on any atom is -0.310 e. The molecule has 1 nitrogen and oxygen atoms in total. The predicted octanol–water partition coefficient (Wildman–Crippen LogP) is 4.73. The van der Waals surface area contributed by atoms with Crippen molar-refractivity contribution in [3.8, 4) is 11.1 Å². The Hall–Kier alpha value is -1.60. The lowest BCUT2D eigenvalue weighted by atomic mass is 9.98. The minimum atomic E-state index is 0.595. The molecule has 0 unspecified atom stereocenters. The van der Waals surface area contributed by atoms with E-state index in [1.54, 1.807) is 0 Å². The second kappa shape index (κ2) is 5.80. The van der Waals surface area contributed by atoms with Crippen LogP contribution in [0.1, 0.15) is 43.7 Å². The second-order valence-corrected chi connectivity index (χ2v) is 6.13. The van der Waals surface area contributed by atoms with E-state index in [0.29, 0.717) is 5.92 Å². The van der Waals surface area contributed by atoms with Gasteiger partial charge in [0.2, 0.25) is 0 Å². The lowest BCUT2D eigenvalue weighted by Gasteiger charge is -2.09. The molecule has 0 aromatic heterocycles. The lowest BCUT2D eigenvalue weighted by molar-refractivity contribution is 0.688. The number of nitrogens with one attached hydrogen (secondary N) is 1. The molecule has 1 aliphatic carbocycles. The molecule has 1 heteroatoms. The third-order valence-electron chi connectivity index (χ3n) is 4.01. The molecule has 1 aliphatic rings. The Bertz CT molecular complexity index is 565. The van der Waals surface area contributed by atoms with E-state index in [2.05, 4.69) is 67.7 Å². The maximum atomic E-state index is 3.58. The summed E-state index contributed by atoms with van der Waals surface area (Å²) in [4.78, 5) is 0. The van der Waals surface area contributed by atoms with Crippen LogP contribution in [0, 0.1) is 0 Å². The van der Waals surface area contributed by atoms with Gasteiger partial charge in [-0.25, -0.2) is 0 Å². The molecule has 2 aromatic rings. The molecule has 1 N–H and O–H groups in total. The Kier molecular flexibility index (Phi) is 3.88. The molecular weight excluding hydrogens is 242 g/mol. The Morgan fingerprint density at radius 3 is 2.40 bits per heavy atom. The first kappa shape index (κ1) is 13.4. The molecule has 0 atom stereocenters. The molecule has 0 saturated heterocycles. The van der Waals surface area contributed by atoms with E-state index in [-0.39, 0.29) is 0 Å². The number of benzene rings is 2. The molecule has 0 amide bonds. The Morgan fingerprint density at radius 2 is 1.75 bits per heavy atom. The van der Waals surface area contributed by atoms with Crippen LogP contribution < -0.4 is 5.32 Å². The fourth-order valence-corrected chi connectivity index (χ4v) is 2.47. The van der Waals surface area contributed by atoms with E-state index in [9.17, 15) is 0 Å². The Morgan fingerprint density at radius 1 is 1.00 bits per heavy atom. The first-order chi connectivity index (χ1) is 9.72. The third-order valence-corrected chi connectivity index (χ3v) is 4.01. The van der Waals surface area contributed by atoms with Crippen molar-refractivity contribution in [1.29, 1.82) is 0 Å². The molecule has 20 heavy (non-hydrogen) atoms. The molecular formula is C19H23N. The van der Waals surface area contributed by atoms with Gasteiger partial charge in [-0.2, -0.15) is 0 Å². The van der Waals surface area contributed by atoms with Crippen LogP contribution in [0.25, 0.3) is 11.1 Å². The van der Waals surface area contributed by atoms with Crippen LogP contribution in [0.3, 0.4) is 0 Å². The summed E-state index contributed by atoms with van der Waals surface area (Å²) < 4.78 is 0. The molecule has 1 fully saturated rings. The highest BCUT2D eigenvalue weighted by Gasteiger charge is 2.19. The van der Waals surface area contributed by atoms with Gasteiger partial charge in [0.25, 0.3) is 0 Å². The zero-order chi connectivity index (χ0) is 13.9. The van der Waals surface area contributed by atoms with Gasteiger partial charge in [-0.3, -0.25) is 0 Å². The van der Waals surface area contributed by atoms with Gasteiger partial charge in [-0.1, -0.05) is 56.3 Å². The van der Waals surface area contributed by atoms with Crippen molar-refractivity contribution in [2.45, 2.75) is 45.2 Å². The van der Waals surface area contributed by atoms with Crippen molar-refractivity contribution in [2.75, 3.05) is 0 Å². The summed E-state index contributed by atoms with van der Waals surface area (Å²) in [6, 6.07) is 18.6. The average Bonchev–Trinajstić information content (AvgIpc) is 3.30. The maximum Gasteiger partial charge on any atom is 0.0208 e. The van der Waals surface area contributed by atoms with E-state index in [1.165, 1.54) is 35.1 Å². The predicted molar refractivity (Wildman–Crippen MR) is 85.8 cm³/mol. The van der Waals surface area contributed by atoms with Crippen LogP contribution in [0.2, 0.25) is 0 Å². The van der Waals surface area contributed by atoms with Gasteiger partial charge in [-0.15, -0.1) is 0 Å². The van der Waals surface area contributed by atoms with Crippen LogP contribution in [0.5, 0.6) is 0 Å². The van der Waals surface area contributed by atoms with Crippen molar-refractivity contribution in [1.82, 2.24) is 5.32 Å². The van der Waals surface area contributed by atoms with Crippen molar-refractivity contribution < 1.29 is 0 Å². The van der Waals surface area contributed by atoms with Crippen LogP contribution in [0.4, 0.5) is 0 Å². The molecule has 0 bridgehead atoms. The summed E-state index contributed by atoms with van der Waals surface area (Å²) in [5.41, 5.74) is 5.40. The topological polar surface area (TPSA) is 12.0 Å². The van der Waals surface area contributed by atoms with Gasteiger partial charge < -0.3 is 5.32 Å². The van der Waals surface area contributed by atoms with E-state index < -0.39 is 0 Å². The van der Waals surface area contributed by atoms with Crippen LogP contribution >= 0.6 is 0 Å². The normalized spacial score (nSPS) is 14.8. The van der Waals surface area contributed by atoms with Crippen molar-refractivity contribution >= 4 is 0 Å². The standard InChI is InChI=1S/C19H23N/c1-14(2)16-6-8-17(9-7-16)18-5-3-4-15(12-18)13-20-19-10-11-19/h3-9,12,14,19-20H,10-11,13H2,1-2H3. The quantitative estimate of drug-likeness (QED) is 0.824. The summed E-state index contributed by atoms with van der Waals surface area (Å²) in [5, 5.41) is 3.58. The van der Waals surface area contributed by atoms with E-state index in [0.717, 1.165) is 12.6 Å². The molecule has 2 aromatic carbocycles. The molecule has 0 spiro atoms. The van der Waals surface area contributed by atoms with Gasteiger partial charge in [0.05, 0.1) is 0 Å². The Labute approximate surface area is 122 Å². The maximum absolute atomic E-state index is 3.58. The summed E-state index contributed by atoms with van der Waals surface area (Å²) in [7, 11) is 0. The summed E-state index contributed by atoms with van der Waals surface area (Å²) in [5.74, 6) is 0.595. The van der Waals surface area contributed by atoms with E-state index in [4.69, 9.17) is 0 Å². The van der Waals surface area contributed by atoms with Gasteiger partial charge >= 0.3 is 0 Å². The highest BCUT2D eigenvalue weighted by atomic mass is 14.9. The highest BCUT2D eigenvalue weighted by molar-refractivity contribution is 5.64. The molecule has 0 radical (unpaired) electrons. The molecule has 0 heterocycles. The van der Waals surface area contributed by atoms with Gasteiger partial charge in [0.15, 0.2) is 0 Å². The monoisotopic (exact) mass is 265 g/mol. The SMILES string of the molecule is CC(C)c1ccc(-c2cccc(CNC3CC3)c2)cc1. The average molecular weight is 265 g/mol.